The molecule has 3 aromatic rings. The molecule has 2 aromatic carbocycles. The summed E-state index contributed by atoms with van der Waals surface area (Å²) in [5.74, 6) is 1.93. The second-order valence-electron chi connectivity index (χ2n) is 5.58. The molecule has 0 aliphatic carbocycles. The van der Waals surface area contributed by atoms with E-state index in [1.807, 2.05) is 0 Å². The number of benzene rings is 2. The molecule has 0 amide bonds. The van der Waals surface area contributed by atoms with Crippen LogP contribution < -0.4 is 18.9 Å². The predicted octanol–water partition coefficient (Wildman–Crippen LogP) is 2.24. The van der Waals surface area contributed by atoms with Gasteiger partial charge in [0.2, 0.25) is 21.7 Å². The summed E-state index contributed by atoms with van der Waals surface area (Å²) >= 11 is 0. The lowest BCUT2D eigenvalue weighted by atomic mass is 10.2. The topological polar surface area (TPSA) is 113 Å². The maximum absolute atomic E-state index is 12.5. The molecule has 0 unspecified atom stereocenters. The fraction of sp³-hybridized carbons (Fsp3) is 0.222. The van der Waals surface area contributed by atoms with Crippen molar-refractivity contribution in [3.8, 4) is 28.6 Å². The number of methoxy groups -OCH3 is 3. The minimum atomic E-state index is -3.81. The van der Waals surface area contributed by atoms with Crippen molar-refractivity contribution in [2.75, 3.05) is 21.3 Å². The van der Waals surface area contributed by atoms with E-state index in [-0.39, 0.29) is 17.3 Å². The number of nitrogens with one attached hydrogen (secondary N) is 1. The van der Waals surface area contributed by atoms with E-state index in [1.54, 1.807) is 31.4 Å². The Morgan fingerprint density at radius 2 is 1.68 bits per heavy atom. The second kappa shape index (κ2) is 8.28. The van der Waals surface area contributed by atoms with Crippen LogP contribution in [0.2, 0.25) is 0 Å². The molecule has 1 heterocycles. The number of sulfonamides is 1. The Morgan fingerprint density at radius 3 is 2.32 bits per heavy atom. The summed E-state index contributed by atoms with van der Waals surface area (Å²) in [7, 11) is 0.669. The van der Waals surface area contributed by atoms with Gasteiger partial charge in [0.1, 0.15) is 5.75 Å². The number of rotatable bonds is 8. The van der Waals surface area contributed by atoms with Crippen molar-refractivity contribution in [3.05, 3.63) is 48.4 Å². The Morgan fingerprint density at radius 1 is 0.964 bits per heavy atom. The van der Waals surface area contributed by atoms with Crippen LogP contribution in [-0.4, -0.2) is 39.9 Å². The average Bonchev–Trinajstić information content (AvgIpc) is 3.21. The lowest BCUT2D eigenvalue weighted by Gasteiger charge is -2.10. The molecule has 0 atom stereocenters. The third-order valence-corrected chi connectivity index (χ3v) is 5.29. The van der Waals surface area contributed by atoms with E-state index >= 15 is 0 Å². The van der Waals surface area contributed by atoms with Crippen LogP contribution >= 0.6 is 0 Å². The fourth-order valence-corrected chi connectivity index (χ4v) is 3.40. The summed E-state index contributed by atoms with van der Waals surface area (Å²) in [6, 6.07) is 11.4. The SMILES string of the molecule is COc1ccc(-c2noc(CNS(=O)(=O)c3ccc(OC)c(OC)c3)n2)cc1. The van der Waals surface area contributed by atoms with Gasteiger partial charge >= 0.3 is 0 Å². The number of hydrogen-bond acceptors (Lipinski definition) is 8. The Bertz CT molecular complexity index is 1050. The van der Waals surface area contributed by atoms with Crippen molar-refractivity contribution in [3.63, 3.8) is 0 Å². The smallest absolute Gasteiger partial charge is 0.242 e. The summed E-state index contributed by atoms with van der Waals surface area (Å²) < 4.78 is 47.9. The van der Waals surface area contributed by atoms with Crippen molar-refractivity contribution >= 4 is 10.0 Å². The molecule has 148 valence electrons. The molecule has 0 saturated heterocycles. The summed E-state index contributed by atoms with van der Waals surface area (Å²) in [5, 5.41) is 3.87. The van der Waals surface area contributed by atoms with Gasteiger partial charge in [-0.15, -0.1) is 0 Å². The predicted molar refractivity (Wildman–Crippen MR) is 99.9 cm³/mol. The lowest BCUT2D eigenvalue weighted by molar-refractivity contribution is 0.353. The average molecular weight is 405 g/mol. The van der Waals surface area contributed by atoms with Crippen LogP contribution in [0.25, 0.3) is 11.4 Å². The van der Waals surface area contributed by atoms with Gasteiger partial charge in [-0.3, -0.25) is 0 Å². The molecule has 0 radical (unpaired) electrons. The molecule has 3 rings (SSSR count). The summed E-state index contributed by atoms with van der Waals surface area (Å²) in [5.41, 5.74) is 0.721. The molecular weight excluding hydrogens is 386 g/mol. The zero-order chi connectivity index (χ0) is 20.1. The van der Waals surface area contributed by atoms with Crippen molar-refractivity contribution in [2.24, 2.45) is 0 Å². The number of nitrogens with zero attached hydrogens (tertiary/aromatic N) is 2. The van der Waals surface area contributed by atoms with Crippen molar-refractivity contribution in [2.45, 2.75) is 11.4 Å². The number of ether oxygens (including phenoxy) is 3. The largest absolute Gasteiger partial charge is 0.497 e. The van der Waals surface area contributed by atoms with Crippen LogP contribution in [0.15, 0.2) is 51.9 Å². The Balaban J connectivity index is 1.72. The normalized spacial score (nSPS) is 11.2. The van der Waals surface area contributed by atoms with Gasteiger partial charge in [-0.25, -0.2) is 13.1 Å². The molecular formula is C18H19N3O6S. The van der Waals surface area contributed by atoms with E-state index in [0.29, 0.717) is 23.1 Å². The van der Waals surface area contributed by atoms with Crippen molar-refractivity contribution in [1.82, 2.24) is 14.9 Å². The quantitative estimate of drug-likeness (QED) is 0.607. The van der Waals surface area contributed by atoms with Gasteiger partial charge < -0.3 is 18.7 Å². The van der Waals surface area contributed by atoms with E-state index < -0.39 is 10.0 Å². The summed E-state index contributed by atoms with van der Waals surface area (Å²) in [6.45, 7) is -0.153. The highest BCUT2D eigenvalue weighted by molar-refractivity contribution is 7.89. The zero-order valence-corrected chi connectivity index (χ0v) is 16.3. The van der Waals surface area contributed by atoms with Gasteiger partial charge in [-0.05, 0) is 36.4 Å². The molecule has 10 heteroatoms. The van der Waals surface area contributed by atoms with Gasteiger partial charge in [0.15, 0.2) is 11.5 Å². The minimum Gasteiger partial charge on any atom is -0.497 e. The molecule has 9 nitrogen and oxygen atoms in total. The molecule has 0 aliphatic heterocycles. The molecule has 1 N–H and O–H groups in total. The van der Waals surface area contributed by atoms with Crippen LogP contribution in [-0.2, 0) is 16.6 Å². The molecule has 0 aliphatic rings. The van der Waals surface area contributed by atoms with E-state index in [0.717, 1.165) is 5.56 Å². The van der Waals surface area contributed by atoms with E-state index in [1.165, 1.54) is 32.4 Å². The van der Waals surface area contributed by atoms with Gasteiger partial charge in [0, 0.05) is 11.6 Å². The van der Waals surface area contributed by atoms with Crippen LogP contribution in [0.4, 0.5) is 0 Å². The number of aromatic nitrogens is 2. The summed E-state index contributed by atoms with van der Waals surface area (Å²) in [4.78, 5) is 4.23. The number of hydrogen-bond donors (Lipinski definition) is 1. The standard InChI is InChI=1S/C18H19N3O6S/c1-24-13-6-4-12(5-7-13)18-20-17(27-21-18)11-19-28(22,23)14-8-9-15(25-2)16(10-14)26-3/h4-10,19H,11H2,1-3H3. The van der Waals surface area contributed by atoms with E-state index in [2.05, 4.69) is 14.9 Å². The minimum absolute atomic E-state index is 0.0278. The van der Waals surface area contributed by atoms with Crippen LogP contribution in [0, 0.1) is 0 Å². The van der Waals surface area contributed by atoms with Crippen molar-refractivity contribution < 1.29 is 27.2 Å². The highest BCUT2D eigenvalue weighted by atomic mass is 32.2. The Kier molecular flexibility index (Phi) is 5.81. The Labute approximate surface area is 162 Å². The molecule has 0 bridgehead atoms. The van der Waals surface area contributed by atoms with E-state index in [9.17, 15) is 8.42 Å². The second-order valence-corrected chi connectivity index (χ2v) is 7.35. The highest BCUT2D eigenvalue weighted by Gasteiger charge is 2.18. The first-order valence-electron chi connectivity index (χ1n) is 8.15. The van der Waals surface area contributed by atoms with Gasteiger partial charge in [-0.1, -0.05) is 5.16 Å². The highest BCUT2D eigenvalue weighted by Crippen LogP contribution is 2.29. The Hall–Kier alpha value is -3.11. The zero-order valence-electron chi connectivity index (χ0n) is 15.5. The first-order chi connectivity index (χ1) is 13.5. The molecule has 0 fully saturated rings. The first kappa shape index (κ1) is 19.6. The van der Waals surface area contributed by atoms with E-state index in [4.69, 9.17) is 18.7 Å². The molecule has 0 saturated carbocycles. The molecule has 1 aromatic heterocycles. The van der Waals surface area contributed by atoms with Crippen LogP contribution in [0.3, 0.4) is 0 Å². The maximum atomic E-state index is 12.5. The monoisotopic (exact) mass is 405 g/mol. The van der Waals surface area contributed by atoms with Gasteiger partial charge in [0.25, 0.3) is 0 Å². The summed E-state index contributed by atoms with van der Waals surface area (Å²) in [6.07, 6.45) is 0. The third kappa shape index (κ3) is 4.24. The fourth-order valence-electron chi connectivity index (χ4n) is 2.41. The van der Waals surface area contributed by atoms with Crippen LogP contribution in [0.1, 0.15) is 5.89 Å². The molecule has 28 heavy (non-hydrogen) atoms. The van der Waals surface area contributed by atoms with Crippen molar-refractivity contribution in [1.29, 1.82) is 0 Å². The maximum Gasteiger partial charge on any atom is 0.242 e. The van der Waals surface area contributed by atoms with Gasteiger partial charge in [0.05, 0.1) is 32.8 Å². The lowest BCUT2D eigenvalue weighted by Crippen LogP contribution is -2.23. The third-order valence-electron chi connectivity index (χ3n) is 3.90. The first-order valence-corrected chi connectivity index (χ1v) is 9.64. The van der Waals surface area contributed by atoms with Crippen LogP contribution in [0.5, 0.6) is 17.2 Å². The van der Waals surface area contributed by atoms with Gasteiger partial charge in [-0.2, -0.15) is 4.98 Å². The molecule has 0 spiro atoms.